The zero-order chi connectivity index (χ0) is 27.9. The van der Waals surface area contributed by atoms with Crippen molar-refractivity contribution in [2.24, 2.45) is 24.8 Å². The molecular formula is C29H34ClN5O4. The average molecular weight is 552 g/mol. The van der Waals surface area contributed by atoms with Crippen molar-refractivity contribution in [1.29, 1.82) is 0 Å². The van der Waals surface area contributed by atoms with Crippen LogP contribution in [0, 0.1) is 17.8 Å². The van der Waals surface area contributed by atoms with Crippen LogP contribution in [0.1, 0.15) is 31.0 Å². The third-order valence-corrected chi connectivity index (χ3v) is 8.62. The average Bonchev–Trinajstić information content (AvgIpc) is 3.38. The first-order valence-corrected chi connectivity index (χ1v) is 13.6. The highest BCUT2D eigenvalue weighted by Crippen LogP contribution is 2.43. The molecule has 1 unspecified atom stereocenters. The molecule has 0 saturated carbocycles. The van der Waals surface area contributed by atoms with E-state index in [2.05, 4.69) is 10.1 Å². The number of ether oxygens (including phenoxy) is 1. The molecule has 2 fully saturated rings. The number of halogens is 1. The third-order valence-electron chi connectivity index (χ3n) is 8.39. The molecule has 206 valence electrons. The number of pyridine rings is 1. The van der Waals surface area contributed by atoms with Gasteiger partial charge in [0.25, 0.3) is 5.56 Å². The number of carbonyl (C=O) groups excluding carboxylic acids is 1. The van der Waals surface area contributed by atoms with Gasteiger partial charge in [0.1, 0.15) is 11.6 Å². The predicted molar refractivity (Wildman–Crippen MR) is 149 cm³/mol. The Kier molecular flexibility index (Phi) is 7.39. The molecule has 10 heteroatoms. The maximum Gasteiger partial charge on any atom is 0.266 e. The number of aliphatic hydroxyl groups is 1. The lowest BCUT2D eigenvalue weighted by molar-refractivity contribution is -0.152. The summed E-state index contributed by atoms with van der Waals surface area (Å²) in [5.41, 5.74) is 0.354. The smallest absolute Gasteiger partial charge is 0.266 e. The molecule has 39 heavy (non-hydrogen) atoms. The van der Waals surface area contributed by atoms with E-state index in [4.69, 9.17) is 16.3 Å². The SMILES string of the molecule is COc1ccc(C2(O)[C@H](C)CN(C(=O)[C@@H]3CN(c4ccc(=O)n(C)n4)C[C@H]3c3ccc(Cl)cn3)C[C@@H]2C)cc1. The lowest BCUT2D eigenvalue weighted by Gasteiger charge is -2.48. The van der Waals surface area contributed by atoms with E-state index in [1.807, 2.05) is 54.0 Å². The second-order valence-electron chi connectivity index (χ2n) is 10.8. The van der Waals surface area contributed by atoms with Crippen molar-refractivity contribution in [2.45, 2.75) is 25.4 Å². The molecule has 1 N–H and O–H groups in total. The molecular weight excluding hydrogens is 518 g/mol. The molecule has 3 aromatic rings. The van der Waals surface area contributed by atoms with Crippen molar-refractivity contribution in [2.75, 3.05) is 38.2 Å². The van der Waals surface area contributed by atoms with Crippen molar-refractivity contribution in [3.63, 3.8) is 0 Å². The van der Waals surface area contributed by atoms with Crippen LogP contribution in [0.3, 0.4) is 0 Å². The van der Waals surface area contributed by atoms with Gasteiger partial charge in [-0.15, -0.1) is 0 Å². The summed E-state index contributed by atoms with van der Waals surface area (Å²) in [5.74, 6) is 0.476. The van der Waals surface area contributed by atoms with Crippen LogP contribution < -0.4 is 15.2 Å². The molecule has 2 saturated heterocycles. The van der Waals surface area contributed by atoms with Crippen LogP contribution in [0.2, 0.25) is 5.02 Å². The number of nitrogens with zero attached hydrogens (tertiary/aromatic N) is 5. The molecule has 1 aromatic carbocycles. The van der Waals surface area contributed by atoms with Crippen molar-refractivity contribution < 1.29 is 14.6 Å². The van der Waals surface area contributed by atoms with Gasteiger partial charge in [-0.25, -0.2) is 4.68 Å². The summed E-state index contributed by atoms with van der Waals surface area (Å²) in [6.07, 6.45) is 1.60. The van der Waals surface area contributed by atoms with Gasteiger partial charge >= 0.3 is 0 Å². The first kappa shape index (κ1) is 27.1. The van der Waals surface area contributed by atoms with E-state index in [1.54, 1.807) is 32.5 Å². The molecule has 1 amide bonds. The van der Waals surface area contributed by atoms with Crippen LogP contribution in [-0.4, -0.2) is 64.0 Å². The Bertz CT molecular complexity index is 1380. The van der Waals surface area contributed by atoms with Crippen LogP contribution in [0.25, 0.3) is 0 Å². The molecule has 5 rings (SSSR count). The minimum atomic E-state index is -1.07. The van der Waals surface area contributed by atoms with Gasteiger partial charge in [-0.1, -0.05) is 37.6 Å². The topological polar surface area (TPSA) is 101 Å². The van der Waals surface area contributed by atoms with E-state index in [1.165, 1.54) is 10.7 Å². The fourth-order valence-electron chi connectivity index (χ4n) is 6.15. The summed E-state index contributed by atoms with van der Waals surface area (Å²) >= 11 is 6.10. The van der Waals surface area contributed by atoms with Gasteiger partial charge in [0.05, 0.1) is 23.7 Å². The fourth-order valence-corrected chi connectivity index (χ4v) is 6.26. The molecule has 0 radical (unpaired) electrons. The Labute approximate surface area is 233 Å². The Morgan fingerprint density at radius 3 is 2.31 bits per heavy atom. The molecule has 2 aliphatic rings. The van der Waals surface area contributed by atoms with Gasteiger partial charge in [-0.3, -0.25) is 14.6 Å². The van der Waals surface area contributed by atoms with E-state index in [-0.39, 0.29) is 35.1 Å². The summed E-state index contributed by atoms with van der Waals surface area (Å²) in [7, 11) is 3.23. The van der Waals surface area contributed by atoms with Crippen LogP contribution in [0.15, 0.2) is 59.5 Å². The number of amides is 1. The van der Waals surface area contributed by atoms with Crippen molar-refractivity contribution in [1.82, 2.24) is 19.7 Å². The zero-order valence-electron chi connectivity index (χ0n) is 22.6. The van der Waals surface area contributed by atoms with Crippen molar-refractivity contribution >= 4 is 23.3 Å². The quantitative estimate of drug-likeness (QED) is 0.520. The highest BCUT2D eigenvalue weighted by atomic mass is 35.5. The summed E-state index contributed by atoms with van der Waals surface area (Å²) in [6, 6.07) is 14.4. The molecule has 5 atom stereocenters. The van der Waals surface area contributed by atoms with Gasteiger partial charge < -0.3 is 19.6 Å². The number of aryl methyl sites for hydroxylation is 1. The number of piperidine rings is 1. The number of carbonyl (C=O) groups is 1. The molecule has 2 aromatic heterocycles. The predicted octanol–water partition coefficient (Wildman–Crippen LogP) is 3.06. The number of likely N-dealkylation sites (tertiary alicyclic amines) is 1. The van der Waals surface area contributed by atoms with Crippen molar-refractivity contribution in [3.8, 4) is 5.75 Å². The maximum absolute atomic E-state index is 14.1. The molecule has 0 spiro atoms. The van der Waals surface area contributed by atoms with Gasteiger partial charge in [0, 0.05) is 68.9 Å². The van der Waals surface area contributed by atoms with Gasteiger partial charge in [-0.2, -0.15) is 5.10 Å². The fraction of sp³-hybridized carbons (Fsp3) is 0.448. The second kappa shape index (κ2) is 10.6. The lowest BCUT2D eigenvalue weighted by atomic mass is 9.70. The normalized spacial score (nSPS) is 27.0. The number of anilines is 1. The largest absolute Gasteiger partial charge is 0.497 e. The third kappa shape index (κ3) is 5.01. The van der Waals surface area contributed by atoms with E-state index in [0.29, 0.717) is 37.0 Å². The van der Waals surface area contributed by atoms with Crippen molar-refractivity contribution in [3.05, 3.63) is 81.4 Å². The molecule has 2 aliphatic heterocycles. The summed E-state index contributed by atoms with van der Waals surface area (Å²) in [4.78, 5) is 34.5. The van der Waals surface area contributed by atoms with Crippen LogP contribution in [0.4, 0.5) is 5.82 Å². The van der Waals surface area contributed by atoms with Crippen LogP contribution in [-0.2, 0) is 17.4 Å². The number of hydrogen-bond donors (Lipinski definition) is 1. The minimum absolute atomic E-state index is 0.0274. The number of rotatable bonds is 5. The molecule has 0 aliphatic carbocycles. The summed E-state index contributed by atoms with van der Waals surface area (Å²) < 4.78 is 6.58. The second-order valence-corrected chi connectivity index (χ2v) is 11.2. The highest BCUT2D eigenvalue weighted by Gasteiger charge is 2.49. The Hall–Kier alpha value is -3.43. The Morgan fingerprint density at radius 2 is 1.72 bits per heavy atom. The van der Waals surface area contributed by atoms with Gasteiger partial charge in [0.15, 0.2) is 0 Å². The molecule has 4 heterocycles. The monoisotopic (exact) mass is 551 g/mol. The Balaban J connectivity index is 1.41. The van der Waals surface area contributed by atoms with E-state index >= 15 is 0 Å². The van der Waals surface area contributed by atoms with Gasteiger partial charge in [-0.05, 0) is 35.9 Å². The standard InChI is InChI=1S/C29H34ClN5O4/c1-18-14-35(15-19(2)29(18,38)20-5-8-22(39-4)9-6-20)28(37)24-17-34(26-11-12-27(36)33(3)32-26)16-23(24)25-10-7-21(30)13-31-25/h5-13,18-19,23-24,38H,14-17H2,1-4H3/t18-,19+,23-,24-,29?/m1/s1. The number of benzene rings is 1. The lowest BCUT2D eigenvalue weighted by Crippen LogP contribution is -2.57. The number of hydrogen-bond acceptors (Lipinski definition) is 7. The molecule has 0 bridgehead atoms. The van der Waals surface area contributed by atoms with Crippen LogP contribution in [0.5, 0.6) is 5.75 Å². The molecule has 9 nitrogen and oxygen atoms in total. The van der Waals surface area contributed by atoms with E-state index in [0.717, 1.165) is 17.0 Å². The first-order chi connectivity index (χ1) is 18.6. The van der Waals surface area contributed by atoms with Crippen LogP contribution >= 0.6 is 11.6 Å². The minimum Gasteiger partial charge on any atom is -0.497 e. The zero-order valence-corrected chi connectivity index (χ0v) is 23.4. The highest BCUT2D eigenvalue weighted by molar-refractivity contribution is 6.30. The number of methoxy groups -OCH3 is 1. The van der Waals surface area contributed by atoms with E-state index < -0.39 is 5.60 Å². The first-order valence-electron chi connectivity index (χ1n) is 13.2. The van der Waals surface area contributed by atoms with E-state index in [9.17, 15) is 14.7 Å². The maximum atomic E-state index is 14.1. The number of aromatic nitrogens is 3. The van der Waals surface area contributed by atoms with Gasteiger partial charge in [0.2, 0.25) is 5.91 Å². The summed E-state index contributed by atoms with van der Waals surface area (Å²) in [6.45, 7) is 5.83. The Morgan fingerprint density at radius 1 is 1.03 bits per heavy atom. The summed E-state index contributed by atoms with van der Waals surface area (Å²) in [5, 5.41) is 16.8.